The van der Waals surface area contributed by atoms with Crippen molar-refractivity contribution in [3.63, 3.8) is 0 Å². The molecule has 4 rings (SSSR count). The number of esters is 1. The number of amidine groups is 1. The highest BCUT2D eigenvalue weighted by Crippen LogP contribution is 2.16. The van der Waals surface area contributed by atoms with Gasteiger partial charge >= 0.3 is 5.97 Å². The summed E-state index contributed by atoms with van der Waals surface area (Å²) >= 11 is 0. The van der Waals surface area contributed by atoms with Crippen molar-refractivity contribution >= 4 is 22.7 Å². The van der Waals surface area contributed by atoms with Crippen LogP contribution in [0.3, 0.4) is 0 Å². The zero-order chi connectivity index (χ0) is 18.6. The molecule has 0 aliphatic carbocycles. The third kappa shape index (κ3) is 3.57. The van der Waals surface area contributed by atoms with Crippen molar-refractivity contribution < 1.29 is 9.53 Å². The highest BCUT2D eigenvalue weighted by atomic mass is 16.5. The van der Waals surface area contributed by atoms with Crippen LogP contribution >= 0.6 is 0 Å². The molecule has 0 unspecified atom stereocenters. The number of fused-ring (bicyclic) bond motifs is 2. The molecule has 1 N–H and O–H groups in total. The van der Waals surface area contributed by atoms with Crippen LogP contribution in [0.2, 0.25) is 0 Å². The van der Waals surface area contributed by atoms with Crippen molar-refractivity contribution in [1.82, 2.24) is 14.9 Å². The largest absolute Gasteiger partial charge is 0.462 e. The summed E-state index contributed by atoms with van der Waals surface area (Å²) in [4.78, 5) is 33.0. The van der Waals surface area contributed by atoms with Gasteiger partial charge in [0.25, 0.3) is 5.56 Å². The van der Waals surface area contributed by atoms with Gasteiger partial charge in [-0.05, 0) is 17.7 Å². The van der Waals surface area contributed by atoms with E-state index >= 15 is 0 Å². The number of ether oxygens (including phenoxy) is 1. The molecule has 0 spiro atoms. The Kier molecular flexibility index (Phi) is 4.65. The van der Waals surface area contributed by atoms with Crippen LogP contribution < -0.4 is 10.9 Å². The first-order chi connectivity index (χ1) is 13.2. The quantitative estimate of drug-likeness (QED) is 0.549. The lowest BCUT2D eigenvalue weighted by molar-refractivity contribution is -0.144. The van der Waals surface area contributed by atoms with Crippen LogP contribution in [-0.4, -0.2) is 34.5 Å². The number of carbonyl (C=O) groups excluding carboxylic acids is 1. The first-order valence-electron chi connectivity index (χ1n) is 8.69. The lowest BCUT2D eigenvalue weighted by Gasteiger charge is -2.09. The molecule has 2 aromatic carbocycles. The molecule has 3 aromatic rings. The number of nitrogens with zero attached hydrogens (tertiary/aromatic N) is 3. The summed E-state index contributed by atoms with van der Waals surface area (Å²) < 4.78 is 6.48. The number of aromatic nitrogens is 2. The first-order valence-corrected chi connectivity index (χ1v) is 8.69. The summed E-state index contributed by atoms with van der Waals surface area (Å²) in [6, 6.07) is 15.0. The number of hydrogen-bond acceptors (Lipinski definition) is 6. The maximum absolute atomic E-state index is 12.4. The molecule has 7 heteroatoms. The second-order valence-electron chi connectivity index (χ2n) is 6.16. The van der Waals surface area contributed by atoms with E-state index in [-0.39, 0.29) is 18.7 Å². The van der Waals surface area contributed by atoms with Gasteiger partial charge < -0.3 is 10.1 Å². The fourth-order valence-corrected chi connectivity index (χ4v) is 3.03. The highest BCUT2D eigenvalue weighted by molar-refractivity contribution is 6.01. The number of carbonyl (C=O) groups is 1. The van der Waals surface area contributed by atoms with Crippen molar-refractivity contribution in [2.75, 3.05) is 13.2 Å². The maximum atomic E-state index is 12.4. The molecule has 0 saturated carbocycles. The summed E-state index contributed by atoms with van der Waals surface area (Å²) in [6.45, 7) is 1.14. The third-order valence-electron chi connectivity index (χ3n) is 4.37. The summed E-state index contributed by atoms with van der Waals surface area (Å²) in [6.07, 6.45) is 1.37. The van der Waals surface area contributed by atoms with Gasteiger partial charge in [0, 0.05) is 5.56 Å². The molecular weight excluding hydrogens is 344 g/mol. The van der Waals surface area contributed by atoms with Gasteiger partial charge in [0.15, 0.2) is 0 Å². The van der Waals surface area contributed by atoms with Crippen molar-refractivity contribution in [3.05, 3.63) is 76.3 Å². The lowest BCUT2D eigenvalue weighted by Crippen LogP contribution is -2.30. The Morgan fingerprint density at radius 1 is 1.15 bits per heavy atom. The van der Waals surface area contributed by atoms with E-state index in [2.05, 4.69) is 15.3 Å². The van der Waals surface area contributed by atoms with Gasteiger partial charge in [-0.15, -0.1) is 0 Å². The first kappa shape index (κ1) is 17.0. The second kappa shape index (κ2) is 7.41. The van der Waals surface area contributed by atoms with Crippen molar-refractivity contribution in [2.24, 2.45) is 4.99 Å². The van der Waals surface area contributed by atoms with Gasteiger partial charge in [0.2, 0.25) is 0 Å². The number of nitrogens with one attached hydrogen (secondary N) is 1. The van der Waals surface area contributed by atoms with Crippen LogP contribution in [-0.2, 0) is 22.6 Å². The molecule has 0 fully saturated rings. The number of benzene rings is 2. The Morgan fingerprint density at radius 3 is 2.89 bits per heavy atom. The second-order valence-corrected chi connectivity index (χ2v) is 6.16. The van der Waals surface area contributed by atoms with Crippen LogP contribution in [0.1, 0.15) is 11.1 Å². The number of hydrogen-bond donors (Lipinski definition) is 1. The standard InChI is InChI=1S/C20H18N4O3/c25-18(12-24-13-23-17-8-4-3-7-16(17)20(24)26)27-10-9-21-19-15-6-2-1-5-14(15)11-22-19/h1-8,13H,9-12H2,(H,21,22). The normalized spacial score (nSPS) is 12.5. The fraction of sp³-hybridized carbons (Fsp3) is 0.200. The van der Waals surface area contributed by atoms with Gasteiger partial charge in [-0.25, -0.2) is 4.98 Å². The van der Waals surface area contributed by atoms with E-state index in [1.54, 1.807) is 18.2 Å². The van der Waals surface area contributed by atoms with E-state index in [0.717, 1.165) is 11.4 Å². The topological polar surface area (TPSA) is 85.6 Å². The van der Waals surface area contributed by atoms with E-state index in [9.17, 15) is 9.59 Å². The van der Waals surface area contributed by atoms with Crippen LogP contribution in [0.5, 0.6) is 0 Å². The predicted octanol–water partition coefficient (Wildman–Crippen LogP) is 1.49. The average Bonchev–Trinajstić information content (AvgIpc) is 3.11. The van der Waals surface area contributed by atoms with E-state index in [1.165, 1.54) is 16.5 Å². The molecule has 1 aromatic heterocycles. The van der Waals surface area contributed by atoms with E-state index < -0.39 is 5.97 Å². The molecule has 0 bridgehead atoms. The smallest absolute Gasteiger partial charge is 0.326 e. The minimum atomic E-state index is -0.482. The molecule has 1 aliphatic rings. The molecule has 1 aliphatic heterocycles. The molecule has 7 nitrogen and oxygen atoms in total. The van der Waals surface area contributed by atoms with Gasteiger partial charge in [-0.2, -0.15) is 0 Å². The zero-order valence-corrected chi connectivity index (χ0v) is 14.6. The Balaban J connectivity index is 1.30. The SMILES string of the molecule is O=C(Cn1cnc2ccccc2c1=O)OCCNC1=NCc2ccccc21. The van der Waals surface area contributed by atoms with Gasteiger partial charge in [0.05, 0.1) is 30.3 Å². The molecule has 0 atom stereocenters. The van der Waals surface area contributed by atoms with Crippen LogP contribution in [0.4, 0.5) is 0 Å². The van der Waals surface area contributed by atoms with Crippen molar-refractivity contribution in [3.8, 4) is 0 Å². The number of rotatable bonds is 5. The Labute approximate surface area is 155 Å². The van der Waals surface area contributed by atoms with E-state index in [0.29, 0.717) is 24.0 Å². The Hall–Kier alpha value is -3.48. The van der Waals surface area contributed by atoms with Gasteiger partial charge in [0.1, 0.15) is 19.0 Å². The lowest BCUT2D eigenvalue weighted by atomic mass is 10.1. The third-order valence-corrected chi connectivity index (χ3v) is 4.37. The fourth-order valence-electron chi connectivity index (χ4n) is 3.03. The molecule has 0 amide bonds. The van der Waals surface area contributed by atoms with Gasteiger partial charge in [-0.3, -0.25) is 19.1 Å². The summed E-state index contributed by atoms with van der Waals surface area (Å²) in [5.41, 5.74) is 2.61. The number of para-hydroxylation sites is 1. The van der Waals surface area contributed by atoms with Crippen LogP contribution in [0, 0.1) is 0 Å². The monoisotopic (exact) mass is 362 g/mol. The van der Waals surface area contributed by atoms with Gasteiger partial charge in [-0.1, -0.05) is 36.4 Å². The average molecular weight is 362 g/mol. The molecule has 27 heavy (non-hydrogen) atoms. The number of aliphatic imine (C=N–C) groups is 1. The summed E-state index contributed by atoms with van der Waals surface area (Å²) in [7, 11) is 0. The predicted molar refractivity (Wildman–Crippen MR) is 102 cm³/mol. The maximum Gasteiger partial charge on any atom is 0.326 e. The molecule has 0 radical (unpaired) electrons. The molecule has 2 heterocycles. The summed E-state index contributed by atoms with van der Waals surface area (Å²) in [5, 5.41) is 3.66. The van der Waals surface area contributed by atoms with Crippen molar-refractivity contribution in [2.45, 2.75) is 13.1 Å². The van der Waals surface area contributed by atoms with Crippen LogP contribution in [0.25, 0.3) is 10.9 Å². The minimum absolute atomic E-state index is 0.166. The Bertz CT molecular complexity index is 1090. The molecule has 136 valence electrons. The molecule has 0 saturated heterocycles. The van der Waals surface area contributed by atoms with Crippen molar-refractivity contribution in [1.29, 1.82) is 0 Å². The zero-order valence-electron chi connectivity index (χ0n) is 14.6. The highest BCUT2D eigenvalue weighted by Gasteiger charge is 2.14. The molecular formula is C20H18N4O3. The van der Waals surface area contributed by atoms with Crippen LogP contribution in [0.15, 0.2) is 64.6 Å². The van der Waals surface area contributed by atoms with E-state index in [1.807, 2.05) is 30.3 Å². The Morgan fingerprint density at radius 2 is 1.96 bits per heavy atom. The minimum Gasteiger partial charge on any atom is -0.462 e. The van der Waals surface area contributed by atoms with E-state index in [4.69, 9.17) is 4.74 Å². The summed E-state index contributed by atoms with van der Waals surface area (Å²) in [5.74, 6) is 0.335.